The number of hydrogen-bond acceptors (Lipinski definition) is 5. The summed E-state index contributed by atoms with van der Waals surface area (Å²) in [6.07, 6.45) is 4.09. The minimum Gasteiger partial charge on any atom is -0.256 e. The van der Waals surface area contributed by atoms with Crippen LogP contribution in [0.2, 0.25) is 5.02 Å². The Hall–Kier alpha value is -3.38. The average Bonchev–Trinajstić information content (AvgIpc) is 3.10. The van der Waals surface area contributed by atoms with E-state index in [1.807, 2.05) is 48.5 Å². The van der Waals surface area contributed by atoms with Crippen LogP contribution in [0, 0.1) is 0 Å². The Morgan fingerprint density at radius 1 is 0.926 bits per heavy atom. The van der Waals surface area contributed by atoms with Gasteiger partial charge in [0.15, 0.2) is 5.82 Å². The first-order valence-electron chi connectivity index (χ1n) is 8.43. The summed E-state index contributed by atoms with van der Waals surface area (Å²) in [6.45, 7) is 0. The first-order chi connectivity index (χ1) is 13.3. The number of halogens is 1. The van der Waals surface area contributed by atoms with E-state index in [0.29, 0.717) is 17.2 Å². The molecule has 0 aliphatic carbocycles. The summed E-state index contributed by atoms with van der Waals surface area (Å²) in [4.78, 5) is 8.73. The summed E-state index contributed by atoms with van der Waals surface area (Å²) in [5.74, 6) is 1.21. The third-order valence-electron chi connectivity index (χ3n) is 4.37. The first-order valence-corrected chi connectivity index (χ1v) is 8.81. The van der Waals surface area contributed by atoms with Gasteiger partial charge >= 0.3 is 0 Å². The first kappa shape index (κ1) is 15.8. The molecule has 5 rings (SSSR count). The van der Waals surface area contributed by atoms with E-state index in [1.165, 1.54) is 0 Å². The minimum atomic E-state index is 0.477. The molecule has 0 bridgehead atoms. The third kappa shape index (κ3) is 3.00. The van der Waals surface area contributed by atoms with E-state index in [0.717, 1.165) is 33.5 Å². The van der Waals surface area contributed by atoms with Crippen LogP contribution in [0.3, 0.4) is 0 Å². The van der Waals surface area contributed by atoms with Crippen LogP contribution >= 0.6 is 11.6 Å². The van der Waals surface area contributed by atoms with Crippen molar-refractivity contribution in [3.63, 3.8) is 0 Å². The molecule has 130 valence electrons. The summed E-state index contributed by atoms with van der Waals surface area (Å²) < 4.78 is 1.69. The van der Waals surface area contributed by atoms with Crippen molar-refractivity contribution in [1.82, 2.24) is 29.8 Å². The zero-order valence-electron chi connectivity index (χ0n) is 14.1. The second-order valence-electron chi connectivity index (χ2n) is 6.19. The van der Waals surface area contributed by atoms with Crippen LogP contribution in [0.1, 0.15) is 11.4 Å². The maximum Gasteiger partial charge on any atom is 0.271 e. The lowest BCUT2D eigenvalue weighted by molar-refractivity contribution is 0.830. The SMILES string of the molecule is Clc1ccc(-c2cnc3nnc(Cc4ccc5ncccc5c4)n3n2)cc1. The Labute approximate surface area is 159 Å². The molecule has 5 aromatic rings. The van der Waals surface area contributed by atoms with Crippen LogP contribution in [0.15, 0.2) is 67.0 Å². The quantitative estimate of drug-likeness (QED) is 0.479. The van der Waals surface area contributed by atoms with Crippen LogP contribution in [0.5, 0.6) is 0 Å². The summed E-state index contributed by atoms with van der Waals surface area (Å²) >= 11 is 5.97. The summed E-state index contributed by atoms with van der Waals surface area (Å²) in [6, 6.07) is 17.6. The number of benzene rings is 2. The number of hydrogen-bond donors (Lipinski definition) is 0. The lowest BCUT2D eigenvalue weighted by Gasteiger charge is -2.04. The molecular weight excluding hydrogens is 360 g/mol. The van der Waals surface area contributed by atoms with Crippen molar-refractivity contribution in [2.24, 2.45) is 0 Å². The second kappa shape index (κ2) is 6.41. The highest BCUT2D eigenvalue weighted by atomic mass is 35.5. The summed E-state index contributed by atoms with van der Waals surface area (Å²) in [5, 5.41) is 14.8. The van der Waals surface area contributed by atoms with Gasteiger partial charge in [-0.15, -0.1) is 10.2 Å². The Bertz CT molecular complexity index is 1260. The molecule has 0 fully saturated rings. The highest BCUT2D eigenvalue weighted by molar-refractivity contribution is 6.30. The Kier molecular flexibility index (Phi) is 3.76. The van der Waals surface area contributed by atoms with E-state index >= 15 is 0 Å². The van der Waals surface area contributed by atoms with Crippen molar-refractivity contribution in [3.05, 3.63) is 83.4 Å². The fourth-order valence-electron chi connectivity index (χ4n) is 3.02. The van der Waals surface area contributed by atoms with E-state index in [-0.39, 0.29) is 0 Å². The van der Waals surface area contributed by atoms with Crippen molar-refractivity contribution < 1.29 is 0 Å². The molecule has 0 radical (unpaired) electrons. The van der Waals surface area contributed by atoms with Crippen LogP contribution in [0.4, 0.5) is 0 Å². The fraction of sp³-hybridized carbons (Fsp3) is 0.0500. The van der Waals surface area contributed by atoms with Gasteiger partial charge in [0, 0.05) is 28.6 Å². The smallest absolute Gasteiger partial charge is 0.256 e. The van der Waals surface area contributed by atoms with Gasteiger partial charge in [0.05, 0.1) is 11.7 Å². The largest absolute Gasteiger partial charge is 0.271 e. The number of pyridine rings is 1. The van der Waals surface area contributed by atoms with Gasteiger partial charge in [0.2, 0.25) is 0 Å². The molecule has 3 heterocycles. The van der Waals surface area contributed by atoms with Gasteiger partial charge in [-0.1, -0.05) is 35.9 Å². The molecular formula is C20H13ClN6. The number of nitrogens with zero attached hydrogens (tertiary/aromatic N) is 6. The molecule has 2 aromatic carbocycles. The molecule has 0 amide bonds. The highest BCUT2D eigenvalue weighted by Gasteiger charge is 2.11. The standard InChI is InChI=1S/C20H13ClN6/c21-16-6-4-14(5-7-16)18-12-23-20-25-24-19(27(20)26-18)11-13-3-8-17-15(10-13)2-1-9-22-17/h1-10,12H,11H2. The van der Waals surface area contributed by atoms with Crippen LogP contribution in [-0.2, 0) is 6.42 Å². The monoisotopic (exact) mass is 372 g/mol. The Morgan fingerprint density at radius 3 is 2.70 bits per heavy atom. The van der Waals surface area contributed by atoms with Gasteiger partial charge in [-0.25, -0.2) is 4.98 Å². The van der Waals surface area contributed by atoms with Gasteiger partial charge in [0.1, 0.15) is 5.69 Å². The summed E-state index contributed by atoms with van der Waals surface area (Å²) in [5.41, 5.74) is 3.76. The molecule has 0 saturated heterocycles. The molecule has 0 atom stereocenters. The van der Waals surface area contributed by atoms with Crippen LogP contribution in [-0.4, -0.2) is 29.8 Å². The molecule has 7 heteroatoms. The molecule has 0 aliphatic heterocycles. The van der Waals surface area contributed by atoms with E-state index < -0.39 is 0 Å². The topological polar surface area (TPSA) is 68.9 Å². The molecule has 0 N–H and O–H groups in total. The molecule has 0 saturated carbocycles. The van der Waals surface area contributed by atoms with Crippen molar-refractivity contribution in [2.75, 3.05) is 0 Å². The third-order valence-corrected chi connectivity index (χ3v) is 4.62. The van der Waals surface area contributed by atoms with E-state index in [1.54, 1.807) is 16.9 Å². The predicted molar refractivity (Wildman–Crippen MR) is 104 cm³/mol. The molecule has 27 heavy (non-hydrogen) atoms. The van der Waals surface area contributed by atoms with E-state index in [4.69, 9.17) is 11.6 Å². The highest BCUT2D eigenvalue weighted by Crippen LogP contribution is 2.20. The lowest BCUT2D eigenvalue weighted by atomic mass is 10.1. The molecule has 0 unspecified atom stereocenters. The molecule has 0 spiro atoms. The second-order valence-corrected chi connectivity index (χ2v) is 6.62. The van der Waals surface area contributed by atoms with Gasteiger partial charge < -0.3 is 0 Å². The normalized spacial score (nSPS) is 11.3. The zero-order valence-corrected chi connectivity index (χ0v) is 14.9. The van der Waals surface area contributed by atoms with Crippen molar-refractivity contribution in [3.8, 4) is 11.3 Å². The average molecular weight is 373 g/mol. The predicted octanol–water partition coefficient (Wildman–Crippen LogP) is 3.98. The van der Waals surface area contributed by atoms with Crippen molar-refractivity contribution in [2.45, 2.75) is 6.42 Å². The van der Waals surface area contributed by atoms with Gasteiger partial charge in [-0.2, -0.15) is 9.61 Å². The Morgan fingerprint density at radius 2 is 1.81 bits per heavy atom. The molecule has 3 aromatic heterocycles. The lowest BCUT2D eigenvalue weighted by Crippen LogP contribution is -2.03. The van der Waals surface area contributed by atoms with E-state index in [9.17, 15) is 0 Å². The number of fused-ring (bicyclic) bond motifs is 2. The number of aromatic nitrogens is 6. The van der Waals surface area contributed by atoms with Crippen molar-refractivity contribution in [1.29, 1.82) is 0 Å². The fourth-order valence-corrected chi connectivity index (χ4v) is 3.14. The summed E-state index contributed by atoms with van der Waals surface area (Å²) in [7, 11) is 0. The van der Waals surface area contributed by atoms with E-state index in [2.05, 4.69) is 31.3 Å². The van der Waals surface area contributed by atoms with Crippen molar-refractivity contribution >= 4 is 28.3 Å². The van der Waals surface area contributed by atoms with Crippen LogP contribution < -0.4 is 0 Å². The van der Waals surface area contributed by atoms with Gasteiger partial charge in [-0.3, -0.25) is 4.98 Å². The minimum absolute atomic E-state index is 0.477. The van der Waals surface area contributed by atoms with Crippen LogP contribution in [0.25, 0.3) is 27.9 Å². The van der Waals surface area contributed by atoms with Gasteiger partial charge in [0.25, 0.3) is 5.78 Å². The zero-order chi connectivity index (χ0) is 18.2. The maximum absolute atomic E-state index is 5.97. The van der Waals surface area contributed by atoms with Gasteiger partial charge in [-0.05, 0) is 35.9 Å². The Balaban J connectivity index is 1.54. The number of rotatable bonds is 3. The molecule has 6 nitrogen and oxygen atoms in total. The maximum atomic E-state index is 5.97. The molecule has 0 aliphatic rings.